The summed E-state index contributed by atoms with van der Waals surface area (Å²) in [5.41, 5.74) is 3.01. The molecule has 160 valence electrons. The molecule has 2 fully saturated rings. The standard InChI is InChI=1S/C24H31N3O3/c1-29-23-8-2-18(3-9-23)16-24(28)26-19-4-6-22(7-5-19)27-13-10-20(11-14-27)25-21-12-15-30-17-21/h2-9,20-21,25H,10-17H2,1H3,(H,26,28). The van der Waals surface area contributed by atoms with Gasteiger partial charge in [0, 0.05) is 43.2 Å². The van der Waals surface area contributed by atoms with Crippen molar-refractivity contribution in [3.8, 4) is 5.75 Å². The van der Waals surface area contributed by atoms with Crippen LogP contribution in [0.15, 0.2) is 48.5 Å². The Kier molecular flexibility index (Phi) is 6.87. The lowest BCUT2D eigenvalue weighted by molar-refractivity contribution is -0.115. The summed E-state index contributed by atoms with van der Waals surface area (Å²) in [6, 6.07) is 16.9. The van der Waals surface area contributed by atoms with Crippen LogP contribution in [0.4, 0.5) is 11.4 Å². The minimum absolute atomic E-state index is 0.0179. The number of piperidine rings is 1. The maximum absolute atomic E-state index is 12.3. The number of rotatable bonds is 7. The molecule has 1 unspecified atom stereocenters. The first-order chi connectivity index (χ1) is 14.7. The molecule has 2 aliphatic rings. The van der Waals surface area contributed by atoms with Crippen LogP contribution in [0.25, 0.3) is 0 Å². The molecule has 2 heterocycles. The Morgan fingerprint density at radius 3 is 2.40 bits per heavy atom. The molecular weight excluding hydrogens is 378 g/mol. The first-order valence-corrected chi connectivity index (χ1v) is 10.8. The first-order valence-electron chi connectivity index (χ1n) is 10.8. The molecule has 2 aromatic rings. The van der Waals surface area contributed by atoms with E-state index in [-0.39, 0.29) is 5.91 Å². The topological polar surface area (TPSA) is 62.8 Å². The molecular formula is C24H31N3O3. The molecule has 4 rings (SSSR count). The number of amides is 1. The SMILES string of the molecule is COc1ccc(CC(=O)Nc2ccc(N3CCC(NC4CCOC4)CC3)cc2)cc1. The third kappa shape index (κ3) is 5.52. The highest BCUT2D eigenvalue weighted by atomic mass is 16.5. The lowest BCUT2D eigenvalue weighted by atomic mass is 10.0. The fourth-order valence-corrected chi connectivity index (χ4v) is 4.19. The van der Waals surface area contributed by atoms with Crippen LogP contribution in [-0.4, -0.2) is 51.4 Å². The van der Waals surface area contributed by atoms with Crippen molar-refractivity contribution in [1.82, 2.24) is 5.32 Å². The summed E-state index contributed by atoms with van der Waals surface area (Å²) >= 11 is 0. The molecule has 1 atom stereocenters. The largest absolute Gasteiger partial charge is 0.497 e. The third-order valence-electron chi connectivity index (χ3n) is 5.94. The molecule has 2 N–H and O–H groups in total. The average molecular weight is 410 g/mol. The van der Waals surface area contributed by atoms with Crippen molar-refractivity contribution in [1.29, 1.82) is 0 Å². The van der Waals surface area contributed by atoms with Crippen molar-refractivity contribution in [2.45, 2.75) is 37.8 Å². The van der Waals surface area contributed by atoms with E-state index in [4.69, 9.17) is 9.47 Å². The predicted molar refractivity (Wildman–Crippen MR) is 119 cm³/mol. The van der Waals surface area contributed by atoms with Gasteiger partial charge in [0.2, 0.25) is 5.91 Å². The van der Waals surface area contributed by atoms with Gasteiger partial charge in [-0.15, -0.1) is 0 Å². The normalized spacial score (nSPS) is 19.6. The molecule has 0 bridgehead atoms. The van der Waals surface area contributed by atoms with Gasteiger partial charge in [-0.05, 0) is 61.2 Å². The van der Waals surface area contributed by atoms with Crippen molar-refractivity contribution < 1.29 is 14.3 Å². The quantitative estimate of drug-likeness (QED) is 0.735. The summed E-state index contributed by atoms with van der Waals surface area (Å²) < 4.78 is 10.6. The second kappa shape index (κ2) is 9.96. The van der Waals surface area contributed by atoms with Gasteiger partial charge in [0.15, 0.2) is 0 Å². The van der Waals surface area contributed by atoms with Gasteiger partial charge in [0.05, 0.1) is 20.1 Å². The molecule has 0 aromatic heterocycles. The van der Waals surface area contributed by atoms with E-state index in [1.807, 2.05) is 36.4 Å². The number of anilines is 2. The minimum atomic E-state index is -0.0179. The molecule has 1 amide bonds. The highest BCUT2D eigenvalue weighted by Crippen LogP contribution is 2.23. The molecule has 6 nitrogen and oxygen atoms in total. The lowest BCUT2D eigenvalue weighted by Crippen LogP contribution is -2.46. The molecule has 0 saturated carbocycles. The van der Waals surface area contributed by atoms with E-state index in [1.165, 1.54) is 5.69 Å². The smallest absolute Gasteiger partial charge is 0.228 e. The molecule has 2 aromatic carbocycles. The van der Waals surface area contributed by atoms with E-state index in [9.17, 15) is 4.79 Å². The summed E-state index contributed by atoms with van der Waals surface area (Å²) in [5.74, 6) is 0.776. The Bertz CT molecular complexity index is 809. The Balaban J connectivity index is 1.24. The number of benzene rings is 2. The van der Waals surface area contributed by atoms with Crippen LogP contribution < -0.4 is 20.3 Å². The van der Waals surface area contributed by atoms with Crippen LogP contribution in [0.3, 0.4) is 0 Å². The summed E-state index contributed by atoms with van der Waals surface area (Å²) in [6.45, 7) is 3.84. The van der Waals surface area contributed by atoms with Crippen molar-refractivity contribution in [2.24, 2.45) is 0 Å². The molecule has 2 aliphatic heterocycles. The minimum Gasteiger partial charge on any atom is -0.497 e. The van der Waals surface area contributed by atoms with Gasteiger partial charge in [-0.25, -0.2) is 0 Å². The fourth-order valence-electron chi connectivity index (χ4n) is 4.19. The van der Waals surface area contributed by atoms with E-state index in [0.717, 1.165) is 62.6 Å². The second-order valence-corrected chi connectivity index (χ2v) is 8.11. The van der Waals surface area contributed by atoms with Crippen molar-refractivity contribution in [3.63, 3.8) is 0 Å². The summed E-state index contributed by atoms with van der Waals surface area (Å²) in [4.78, 5) is 14.8. The number of nitrogens with one attached hydrogen (secondary N) is 2. The van der Waals surface area contributed by atoms with E-state index in [0.29, 0.717) is 18.5 Å². The van der Waals surface area contributed by atoms with Crippen LogP contribution in [0.5, 0.6) is 5.75 Å². The Morgan fingerprint density at radius 2 is 1.77 bits per heavy atom. The molecule has 0 spiro atoms. The monoisotopic (exact) mass is 409 g/mol. The predicted octanol–water partition coefficient (Wildman–Crippen LogP) is 3.22. The number of carbonyl (C=O) groups is 1. The molecule has 0 aliphatic carbocycles. The van der Waals surface area contributed by atoms with E-state index >= 15 is 0 Å². The Hall–Kier alpha value is -2.57. The second-order valence-electron chi connectivity index (χ2n) is 8.11. The first kappa shape index (κ1) is 20.7. The van der Waals surface area contributed by atoms with Crippen molar-refractivity contribution >= 4 is 17.3 Å². The summed E-state index contributed by atoms with van der Waals surface area (Å²) in [5, 5.41) is 6.73. The van der Waals surface area contributed by atoms with Gasteiger partial charge in [-0.2, -0.15) is 0 Å². The Labute approximate surface area is 178 Å². The zero-order chi connectivity index (χ0) is 20.8. The van der Waals surface area contributed by atoms with E-state index in [2.05, 4.69) is 27.7 Å². The van der Waals surface area contributed by atoms with Crippen LogP contribution in [0.2, 0.25) is 0 Å². The molecule has 2 saturated heterocycles. The lowest BCUT2D eigenvalue weighted by Gasteiger charge is -2.35. The van der Waals surface area contributed by atoms with Crippen molar-refractivity contribution in [3.05, 3.63) is 54.1 Å². The third-order valence-corrected chi connectivity index (χ3v) is 5.94. The number of carbonyl (C=O) groups excluding carboxylic acids is 1. The van der Waals surface area contributed by atoms with Crippen LogP contribution in [0.1, 0.15) is 24.8 Å². The maximum atomic E-state index is 12.3. The number of nitrogens with zero attached hydrogens (tertiary/aromatic N) is 1. The van der Waals surface area contributed by atoms with Gasteiger partial charge in [-0.3, -0.25) is 4.79 Å². The highest BCUT2D eigenvalue weighted by molar-refractivity contribution is 5.92. The zero-order valence-corrected chi connectivity index (χ0v) is 17.6. The van der Waals surface area contributed by atoms with Gasteiger partial charge in [-0.1, -0.05) is 12.1 Å². The molecule has 0 radical (unpaired) electrons. The fraction of sp³-hybridized carbons (Fsp3) is 0.458. The van der Waals surface area contributed by atoms with Crippen molar-refractivity contribution in [2.75, 3.05) is 43.6 Å². The van der Waals surface area contributed by atoms with Gasteiger partial charge in [0.1, 0.15) is 5.75 Å². The molecule has 6 heteroatoms. The zero-order valence-electron chi connectivity index (χ0n) is 17.6. The number of hydrogen-bond donors (Lipinski definition) is 2. The van der Waals surface area contributed by atoms with Gasteiger partial charge < -0.3 is 25.0 Å². The molecule has 30 heavy (non-hydrogen) atoms. The number of hydrogen-bond acceptors (Lipinski definition) is 5. The van der Waals surface area contributed by atoms with Crippen LogP contribution >= 0.6 is 0 Å². The number of ether oxygens (including phenoxy) is 2. The summed E-state index contributed by atoms with van der Waals surface area (Å²) in [7, 11) is 1.64. The van der Waals surface area contributed by atoms with Gasteiger partial charge in [0.25, 0.3) is 0 Å². The highest BCUT2D eigenvalue weighted by Gasteiger charge is 2.24. The Morgan fingerprint density at radius 1 is 1.03 bits per heavy atom. The van der Waals surface area contributed by atoms with Crippen LogP contribution in [-0.2, 0) is 16.0 Å². The number of methoxy groups -OCH3 is 1. The van der Waals surface area contributed by atoms with E-state index < -0.39 is 0 Å². The van der Waals surface area contributed by atoms with E-state index in [1.54, 1.807) is 7.11 Å². The summed E-state index contributed by atoms with van der Waals surface area (Å²) in [6.07, 6.45) is 3.78. The van der Waals surface area contributed by atoms with Crippen LogP contribution in [0, 0.1) is 0 Å². The average Bonchev–Trinajstić information content (AvgIpc) is 3.28. The maximum Gasteiger partial charge on any atom is 0.228 e. The van der Waals surface area contributed by atoms with Gasteiger partial charge >= 0.3 is 0 Å².